The number of methoxy groups -OCH3 is 2. The number of likely N-dealkylation sites (tertiary alicyclic amines) is 1. The zero-order valence-electron chi connectivity index (χ0n) is 18.7. The van der Waals surface area contributed by atoms with E-state index in [2.05, 4.69) is 26.8 Å². The normalized spacial score (nSPS) is 20.2. The lowest BCUT2D eigenvalue weighted by atomic mass is 10.1. The summed E-state index contributed by atoms with van der Waals surface area (Å²) in [6.07, 6.45) is 3.26. The monoisotopic (exact) mass is 421 g/mol. The van der Waals surface area contributed by atoms with Crippen molar-refractivity contribution in [3.05, 3.63) is 23.8 Å². The van der Waals surface area contributed by atoms with Gasteiger partial charge in [0.2, 0.25) is 0 Å². The molecule has 0 aromatic heterocycles. The van der Waals surface area contributed by atoms with Crippen molar-refractivity contribution >= 4 is 0 Å². The van der Waals surface area contributed by atoms with E-state index < -0.39 is 6.10 Å². The van der Waals surface area contributed by atoms with Gasteiger partial charge in [0.05, 0.1) is 13.7 Å². The lowest BCUT2D eigenvalue weighted by molar-refractivity contribution is 0.0607. The molecule has 7 nitrogen and oxygen atoms in total. The van der Waals surface area contributed by atoms with Crippen LogP contribution in [0.3, 0.4) is 0 Å². The highest BCUT2D eigenvalue weighted by molar-refractivity contribution is 5.43. The average Bonchev–Trinajstić information content (AvgIpc) is 2.78. The number of ether oxygens (including phenoxy) is 3. The average molecular weight is 422 g/mol. The SMILES string of the molecule is COCCN1CCN(Cc2ccc(OC)c(OC[C@H](O)CN3CCCCC3)c2)CC1. The van der Waals surface area contributed by atoms with Crippen molar-refractivity contribution in [2.45, 2.75) is 31.9 Å². The molecule has 0 bridgehead atoms. The maximum absolute atomic E-state index is 10.4. The Labute approximate surface area is 181 Å². The smallest absolute Gasteiger partial charge is 0.161 e. The summed E-state index contributed by atoms with van der Waals surface area (Å²) < 4.78 is 16.6. The minimum atomic E-state index is -0.489. The summed E-state index contributed by atoms with van der Waals surface area (Å²) in [5.74, 6) is 1.43. The number of piperazine rings is 1. The number of piperidine rings is 1. The third kappa shape index (κ3) is 7.39. The van der Waals surface area contributed by atoms with Gasteiger partial charge >= 0.3 is 0 Å². The van der Waals surface area contributed by atoms with Gasteiger partial charge in [0, 0.05) is 52.9 Å². The number of aliphatic hydroxyl groups excluding tert-OH is 1. The first-order valence-electron chi connectivity index (χ1n) is 11.3. The van der Waals surface area contributed by atoms with Crippen molar-refractivity contribution in [3.63, 3.8) is 0 Å². The molecule has 2 fully saturated rings. The molecule has 7 heteroatoms. The standard InChI is InChI=1S/C23H39N3O4/c1-28-15-14-24-10-12-26(13-11-24)17-20-6-7-22(29-2)23(16-20)30-19-21(27)18-25-8-4-3-5-9-25/h6-7,16,21,27H,3-5,8-15,17-19H2,1-2H3/t21-/m1/s1. The fourth-order valence-corrected chi connectivity index (χ4v) is 4.26. The Bertz CT molecular complexity index is 616. The van der Waals surface area contributed by atoms with Crippen LogP contribution < -0.4 is 9.47 Å². The molecule has 30 heavy (non-hydrogen) atoms. The molecule has 0 aliphatic carbocycles. The second-order valence-electron chi connectivity index (χ2n) is 8.42. The molecular weight excluding hydrogens is 382 g/mol. The number of aliphatic hydroxyl groups is 1. The molecule has 0 saturated carbocycles. The van der Waals surface area contributed by atoms with Gasteiger partial charge in [-0.3, -0.25) is 9.80 Å². The van der Waals surface area contributed by atoms with Crippen molar-refractivity contribution in [3.8, 4) is 11.5 Å². The van der Waals surface area contributed by atoms with E-state index in [9.17, 15) is 5.11 Å². The number of rotatable bonds is 11. The summed E-state index contributed by atoms with van der Waals surface area (Å²) in [4.78, 5) is 7.25. The van der Waals surface area contributed by atoms with Crippen LogP contribution in [-0.2, 0) is 11.3 Å². The van der Waals surface area contributed by atoms with Crippen LogP contribution in [0.1, 0.15) is 24.8 Å². The van der Waals surface area contributed by atoms with Crippen LogP contribution in [0.15, 0.2) is 18.2 Å². The molecule has 2 heterocycles. The third-order valence-electron chi connectivity index (χ3n) is 6.06. The maximum atomic E-state index is 10.4. The first kappa shape index (κ1) is 23.3. The molecule has 0 unspecified atom stereocenters. The summed E-state index contributed by atoms with van der Waals surface area (Å²) in [5, 5.41) is 10.4. The van der Waals surface area contributed by atoms with Gasteiger partial charge in [-0.2, -0.15) is 0 Å². The Kier molecular flexibility index (Phi) is 9.68. The minimum Gasteiger partial charge on any atom is -0.493 e. The highest BCUT2D eigenvalue weighted by atomic mass is 16.5. The molecule has 0 amide bonds. The molecule has 0 spiro atoms. The summed E-state index contributed by atoms with van der Waals surface area (Å²) in [6.45, 7) is 10.1. The van der Waals surface area contributed by atoms with Gasteiger partial charge in [-0.1, -0.05) is 12.5 Å². The van der Waals surface area contributed by atoms with Crippen LogP contribution in [0.5, 0.6) is 11.5 Å². The van der Waals surface area contributed by atoms with Crippen molar-refractivity contribution in [2.24, 2.45) is 0 Å². The quantitative estimate of drug-likeness (QED) is 0.583. The fraction of sp³-hybridized carbons (Fsp3) is 0.739. The Hall–Kier alpha value is -1.38. The highest BCUT2D eigenvalue weighted by Gasteiger charge is 2.18. The fourth-order valence-electron chi connectivity index (χ4n) is 4.26. The van der Waals surface area contributed by atoms with Crippen LogP contribution in [0.4, 0.5) is 0 Å². The molecule has 1 aromatic carbocycles. The van der Waals surface area contributed by atoms with Crippen LogP contribution >= 0.6 is 0 Å². The Morgan fingerprint density at radius 1 is 0.900 bits per heavy atom. The molecule has 2 saturated heterocycles. The van der Waals surface area contributed by atoms with E-state index in [0.717, 1.165) is 59.0 Å². The van der Waals surface area contributed by atoms with E-state index in [-0.39, 0.29) is 6.61 Å². The molecule has 1 N–H and O–H groups in total. The summed E-state index contributed by atoms with van der Waals surface area (Å²) in [7, 11) is 3.41. The lowest BCUT2D eigenvalue weighted by Crippen LogP contribution is -2.46. The first-order valence-corrected chi connectivity index (χ1v) is 11.3. The first-order chi connectivity index (χ1) is 14.7. The molecule has 170 valence electrons. The van der Waals surface area contributed by atoms with Gasteiger partial charge in [-0.25, -0.2) is 0 Å². The zero-order valence-corrected chi connectivity index (χ0v) is 18.7. The van der Waals surface area contributed by atoms with Crippen molar-refractivity contribution < 1.29 is 19.3 Å². The number of hydrogen-bond donors (Lipinski definition) is 1. The van der Waals surface area contributed by atoms with E-state index in [0.29, 0.717) is 18.0 Å². The number of hydrogen-bond acceptors (Lipinski definition) is 7. The van der Waals surface area contributed by atoms with Gasteiger partial charge < -0.3 is 24.2 Å². The van der Waals surface area contributed by atoms with E-state index in [1.54, 1.807) is 14.2 Å². The summed E-state index contributed by atoms with van der Waals surface area (Å²) in [5.41, 5.74) is 1.21. The zero-order chi connectivity index (χ0) is 21.2. The molecule has 2 aliphatic rings. The van der Waals surface area contributed by atoms with Crippen LogP contribution in [0, 0.1) is 0 Å². The number of β-amino-alcohol motifs (C(OH)–C–C–N with tert-alkyl or cyclic N) is 1. The van der Waals surface area contributed by atoms with Crippen molar-refractivity contribution in [1.29, 1.82) is 0 Å². The minimum absolute atomic E-state index is 0.286. The molecule has 2 aliphatic heterocycles. The summed E-state index contributed by atoms with van der Waals surface area (Å²) in [6, 6.07) is 6.13. The van der Waals surface area contributed by atoms with Gasteiger partial charge in [0.15, 0.2) is 11.5 Å². The van der Waals surface area contributed by atoms with Crippen LogP contribution in [0.25, 0.3) is 0 Å². The topological polar surface area (TPSA) is 57.6 Å². The predicted octanol–water partition coefficient (Wildman–Crippen LogP) is 1.68. The van der Waals surface area contributed by atoms with Crippen molar-refractivity contribution in [2.75, 3.05) is 79.8 Å². The Morgan fingerprint density at radius 2 is 1.63 bits per heavy atom. The molecule has 1 atom stereocenters. The largest absolute Gasteiger partial charge is 0.493 e. The van der Waals surface area contributed by atoms with Gasteiger partial charge in [-0.15, -0.1) is 0 Å². The summed E-state index contributed by atoms with van der Waals surface area (Å²) >= 11 is 0. The molecule has 3 rings (SSSR count). The van der Waals surface area contributed by atoms with E-state index >= 15 is 0 Å². The van der Waals surface area contributed by atoms with Gasteiger partial charge in [0.25, 0.3) is 0 Å². The second kappa shape index (κ2) is 12.5. The third-order valence-corrected chi connectivity index (χ3v) is 6.06. The van der Waals surface area contributed by atoms with E-state index in [1.807, 2.05) is 6.07 Å². The van der Waals surface area contributed by atoms with E-state index in [4.69, 9.17) is 14.2 Å². The van der Waals surface area contributed by atoms with Gasteiger partial charge in [0.1, 0.15) is 12.7 Å². The maximum Gasteiger partial charge on any atom is 0.161 e. The molecule has 1 aromatic rings. The predicted molar refractivity (Wildman–Crippen MR) is 118 cm³/mol. The number of nitrogens with zero attached hydrogens (tertiary/aromatic N) is 3. The lowest BCUT2D eigenvalue weighted by Gasteiger charge is -2.34. The van der Waals surface area contributed by atoms with Crippen molar-refractivity contribution in [1.82, 2.24) is 14.7 Å². The highest BCUT2D eigenvalue weighted by Crippen LogP contribution is 2.29. The second-order valence-corrected chi connectivity index (χ2v) is 8.42. The van der Waals surface area contributed by atoms with Crippen LogP contribution in [0.2, 0.25) is 0 Å². The molecular formula is C23H39N3O4. The Morgan fingerprint density at radius 3 is 2.33 bits per heavy atom. The molecule has 0 radical (unpaired) electrons. The van der Waals surface area contributed by atoms with E-state index in [1.165, 1.54) is 24.8 Å². The Balaban J connectivity index is 1.48. The number of benzene rings is 1. The van der Waals surface area contributed by atoms with Crippen LogP contribution in [-0.4, -0.2) is 106 Å². The van der Waals surface area contributed by atoms with Gasteiger partial charge in [-0.05, 0) is 43.6 Å².